The quantitative estimate of drug-likeness (QED) is 0.494. The molecule has 20 heavy (non-hydrogen) atoms. The zero-order valence-corrected chi connectivity index (χ0v) is 10.9. The molecule has 0 atom stereocenters. The normalized spacial score (nSPS) is 16.4. The Labute approximate surface area is 116 Å². The van der Waals surface area contributed by atoms with Gasteiger partial charge in [-0.05, 0) is 29.5 Å². The van der Waals surface area contributed by atoms with Gasteiger partial charge in [0, 0.05) is 6.07 Å². The molecule has 1 heterocycles. The van der Waals surface area contributed by atoms with Crippen molar-refractivity contribution in [1.29, 1.82) is 0 Å². The Balaban J connectivity index is 2.50. The molecule has 2 amide bonds. The maximum absolute atomic E-state index is 11.4. The predicted octanol–water partition coefficient (Wildman–Crippen LogP) is 1.63. The summed E-state index contributed by atoms with van der Waals surface area (Å²) in [5.74, 6) is -1.27. The van der Waals surface area contributed by atoms with Crippen LogP contribution < -0.4 is 10.1 Å². The number of ether oxygens (including phenoxy) is 1. The lowest BCUT2D eigenvalue weighted by Crippen LogP contribution is -2.17. The van der Waals surface area contributed by atoms with Crippen LogP contribution in [-0.2, 0) is 4.79 Å². The van der Waals surface area contributed by atoms with Crippen LogP contribution in [0, 0.1) is 10.1 Å². The van der Waals surface area contributed by atoms with Gasteiger partial charge in [0.05, 0.1) is 16.9 Å². The van der Waals surface area contributed by atoms with Crippen LogP contribution >= 0.6 is 11.8 Å². The van der Waals surface area contributed by atoms with Crippen molar-refractivity contribution < 1.29 is 24.4 Å². The number of hydrogen-bond acceptors (Lipinski definition) is 7. The number of carbonyl (C=O) groups is 2. The number of phenols is 1. The largest absolute Gasteiger partial charge is 0.500 e. The number of phenolic OH excluding ortho intramolecular Hbond substituents is 1. The highest BCUT2D eigenvalue weighted by Crippen LogP contribution is 2.38. The number of imide groups is 1. The zero-order valence-electron chi connectivity index (χ0n) is 10.1. The summed E-state index contributed by atoms with van der Waals surface area (Å²) in [6.45, 7) is 0. The van der Waals surface area contributed by atoms with Gasteiger partial charge in [-0.25, -0.2) is 0 Å². The van der Waals surface area contributed by atoms with Gasteiger partial charge < -0.3 is 9.84 Å². The van der Waals surface area contributed by atoms with Gasteiger partial charge in [-0.1, -0.05) is 0 Å². The Kier molecular flexibility index (Phi) is 3.61. The Hall–Kier alpha value is -2.55. The lowest BCUT2D eigenvalue weighted by molar-refractivity contribution is -0.386. The third kappa shape index (κ3) is 2.57. The van der Waals surface area contributed by atoms with Crippen molar-refractivity contribution in [2.75, 3.05) is 7.11 Å². The van der Waals surface area contributed by atoms with Crippen molar-refractivity contribution in [3.05, 3.63) is 32.7 Å². The number of nitrogens with zero attached hydrogens (tertiary/aromatic N) is 1. The summed E-state index contributed by atoms with van der Waals surface area (Å²) in [7, 11) is 1.25. The number of nitrogens with one attached hydrogen (secondary N) is 1. The second-order valence-corrected chi connectivity index (χ2v) is 4.71. The molecule has 1 fully saturated rings. The van der Waals surface area contributed by atoms with Gasteiger partial charge in [0.1, 0.15) is 0 Å². The number of benzene rings is 1. The molecule has 1 aliphatic rings. The van der Waals surface area contributed by atoms with Crippen LogP contribution in [0.4, 0.5) is 10.5 Å². The first kappa shape index (κ1) is 13.9. The first-order valence-corrected chi connectivity index (χ1v) is 6.04. The molecule has 104 valence electrons. The van der Waals surface area contributed by atoms with Gasteiger partial charge >= 0.3 is 5.69 Å². The number of nitro groups is 1. The SMILES string of the molecule is COc1cc(/C=C2/SC(=O)NC2=O)cc([N+](=O)[O-])c1O. The molecule has 9 heteroatoms. The maximum Gasteiger partial charge on any atom is 0.315 e. The third-order valence-electron chi connectivity index (χ3n) is 2.43. The molecular formula is C11H8N2O6S. The fourth-order valence-corrected chi connectivity index (χ4v) is 2.25. The topological polar surface area (TPSA) is 119 Å². The molecule has 0 aliphatic carbocycles. The Morgan fingerprint density at radius 2 is 2.15 bits per heavy atom. The Morgan fingerprint density at radius 3 is 2.65 bits per heavy atom. The van der Waals surface area contributed by atoms with E-state index < -0.39 is 27.5 Å². The Bertz CT molecular complexity index is 655. The van der Waals surface area contributed by atoms with Gasteiger partial charge in [-0.2, -0.15) is 0 Å². The molecule has 0 spiro atoms. The fourth-order valence-electron chi connectivity index (χ4n) is 1.56. The van der Waals surface area contributed by atoms with Gasteiger partial charge in [-0.15, -0.1) is 0 Å². The molecule has 1 aromatic rings. The summed E-state index contributed by atoms with van der Waals surface area (Å²) in [5.41, 5.74) is -0.287. The van der Waals surface area contributed by atoms with Gasteiger partial charge in [-0.3, -0.25) is 25.0 Å². The predicted molar refractivity (Wildman–Crippen MR) is 70.4 cm³/mol. The second kappa shape index (κ2) is 5.21. The number of methoxy groups -OCH3 is 1. The summed E-state index contributed by atoms with van der Waals surface area (Å²) in [5, 5.41) is 22.0. The zero-order chi connectivity index (χ0) is 14.9. The lowest BCUT2D eigenvalue weighted by Gasteiger charge is -2.05. The summed E-state index contributed by atoms with van der Waals surface area (Å²) < 4.78 is 4.83. The van der Waals surface area contributed by atoms with Crippen molar-refractivity contribution >= 4 is 34.7 Å². The number of rotatable bonds is 3. The molecule has 1 aliphatic heterocycles. The molecule has 0 radical (unpaired) electrons. The van der Waals surface area contributed by atoms with E-state index in [1.54, 1.807) is 0 Å². The van der Waals surface area contributed by atoms with Crippen LogP contribution in [0.5, 0.6) is 11.5 Å². The standard InChI is InChI=1S/C11H8N2O6S/c1-19-7-3-5(2-6(9(7)14)13(17)18)4-8-10(15)12-11(16)20-8/h2-4,14H,1H3,(H,12,15,16)/b8-4+. The molecule has 0 unspecified atom stereocenters. The van der Waals surface area contributed by atoms with Crippen molar-refractivity contribution in [3.63, 3.8) is 0 Å². The number of thioether (sulfide) groups is 1. The monoisotopic (exact) mass is 296 g/mol. The summed E-state index contributed by atoms with van der Waals surface area (Å²) in [6.07, 6.45) is 1.31. The van der Waals surface area contributed by atoms with E-state index in [2.05, 4.69) is 5.32 Å². The van der Waals surface area contributed by atoms with Gasteiger partial charge in [0.2, 0.25) is 5.75 Å². The molecule has 0 bridgehead atoms. The fraction of sp³-hybridized carbons (Fsp3) is 0.0909. The minimum Gasteiger partial charge on any atom is -0.500 e. The summed E-state index contributed by atoms with van der Waals surface area (Å²) >= 11 is 0.689. The molecule has 0 aromatic heterocycles. The highest BCUT2D eigenvalue weighted by atomic mass is 32.2. The number of amides is 2. The van der Waals surface area contributed by atoms with Crippen molar-refractivity contribution in [2.24, 2.45) is 0 Å². The van der Waals surface area contributed by atoms with Gasteiger partial charge in [0.25, 0.3) is 11.1 Å². The van der Waals surface area contributed by atoms with E-state index >= 15 is 0 Å². The minimum absolute atomic E-state index is 0.0965. The van der Waals surface area contributed by atoms with E-state index in [0.717, 1.165) is 6.07 Å². The van der Waals surface area contributed by atoms with Crippen LogP contribution in [0.1, 0.15) is 5.56 Å². The molecule has 1 aromatic carbocycles. The number of hydrogen-bond donors (Lipinski definition) is 2. The number of aromatic hydroxyl groups is 1. The average Bonchev–Trinajstić information content (AvgIpc) is 2.69. The lowest BCUT2D eigenvalue weighted by atomic mass is 10.1. The Morgan fingerprint density at radius 1 is 1.45 bits per heavy atom. The highest BCUT2D eigenvalue weighted by molar-refractivity contribution is 8.18. The van der Waals surface area contributed by atoms with Crippen LogP contribution in [-0.4, -0.2) is 28.3 Å². The average molecular weight is 296 g/mol. The first-order valence-electron chi connectivity index (χ1n) is 5.22. The van der Waals surface area contributed by atoms with Crippen molar-refractivity contribution in [1.82, 2.24) is 5.32 Å². The summed E-state index contributed by atoms with van der Waals surface area (Å²) in [4.78, 5) is 32.6. The van der Waals surface area contributed by atoms with Crippen molar-refractivity contribution in [2.45, 2.75) is 0 Å². The van der Waals surface area contributed by atoms with E-state index in [4.69, 9.17) is 4.74 Å². The second-order valence-electron chi connectivity index (χ2n) is 3.70. The minimum atomic E-state index is -0.771. The smallest absolute Gasteiger partial charge is 0.315 e. The van der Waals surface area contributed by atoms with Crippen LogP contribution in [0.3, 0.4) is 0 Å². The van der Waals surface area contributed by atoms with Crippen LogP contribution in [0.2, 0.25) is 0 Å². The van der Waals surface area contributed by atoms with E-state index in [1.165, 1.54) is 19.3 Å². The highest BCUT2D eigenvalue weighted by Gasteiger charge is 2.26. The molecule has 2 rings (SSSR count). The van der Waals surface area contributed by atoms with Crippen LogP contribution in [0.15, 0.2) is 17.0 Å². The molecule has 8 nitrogen and oxygen atoms in total. The molecule has 1 saturated heterocycles. The number of carbonyl (C=O) groups excluding carboxylic acids is 2. The van der Waals surface area contributed by atoms with E-state index in [-0.39, 0.29) is 16.2 Å². The van der Waals surface area contributed by atoms with E-state index in [9.17, 15) is 24.8 Å². The molecular weight excluding hydrogens is 288 g/mol. The maximum atomic E-state index is 11.4. The molecule has 0 saturated carbocycles. The van der Waals surface area contributed by atoms with Crippen LogP contribution in [0.25, 0.3) is 6.08 Å². The third-order valence-corrected chi connectivity index (χ3v) is 3.24. The number of nitro benzene ring substituents is 1. The summed E-state index contributed by atoms with van der Waals surface area (Å²) in [6, 6.07) is 2.41. The van der Waals surface area contributed by atoms with Gasteiger partial charge in [0.15, 0.2) is 5.75 Å². The molecule has 2 N–H and O–H groups in total. The van der Waals surface area contributed by atoms with Crippen molar-refractivity contribution in [3.8, 4) is 11.5 Å². The van der Waals surface area contributed by atoms with E-state index in [1.807, 2.05) is 0 Å². The van der Waals surface area contributed by atoms with E-state index in [0.29, 0.717) is 11.8 Å². The first-order chi connectivity index (χ1) is 9.42.